The Bertz CT molecular complexity index is 494. The molecule has 23 heavy (non-hydrogen) atoms. The Morgan fingerprint density at radius 1 is 1.04 bits per heavy atom. The highest BCUT2D eigenvalue weighted by atomic mass is 16.5. The molecule has 1 aromatic carbocycles. The van der Waals surface area contributed by atoms with Crippen molar-refractivity contribution in [1.29, 1.82) is 0 Å². The van der Waals surface area contributed by atoms with Crippen molar-refractivity contribution in [2.45, 2.75) is 12.8 Å². The fourth-order valence-electron chi connectivity index (χ4n) is 3.06. The van der Waals surface area contributed by atoms with Crippen LogP contribution in [0.1, 0.15) is 12.8 Å². The van der Waals surface area contributed by atoms with Crippen LogP contribution in [0.4, 0.5) is 16.2 Å². The zero-order chi connectivity index (χ0) is 15.9. The lowest BCUT2D eigenvalue weighted by Crippen LogP contribution is -2.42. The SMILES string of the molecule is O=C(NCCN1CCOCC1)Nc1ccc(N2CCCC2)cc1. The minimum Gasteiger partial charge on any atom is -0.379 e. The van der Waals surface area contributed by atoms with Crippen molar-refractivity contribution in [3.8, 4) is 0 Å². The summed E-state index contributed by atoms with van der Waals surface area (Å²) in [4.78, 5) is 16.6. The van der Waals surface area contributed by atoms with E-state index in [0.29, 0.717) is 6.54 Å². The van der Waals surface area contributed by atoms with Gasteiger partial charge in [0.2, 0.25) is 0 Å². The second-order valence-electron chi connectivity index (χ2n) is 6.08. The van der Waals surface area contributed by atoms with Crippen LogP contribution in [0.3, 0.4) is 0 Å². The van der Waals surface area contributed by atoms with Crippen molar-refractivity contribution in [1.82, 2.24) is 10.2 Å². The van der Waals surface area contributed by atoms with E-state index in [9.17, 15) is 4.79 Å². The molecule has 0 radical (unpaired) electrons. The summed E-state index contributed by atoms with van der Waals surface area (Å²) in [6, 6.07) is 7.94. The van der Waals surface area contributed by atoms with Crippen molar-refractivity contribution in [3.05, 3.63) is 24.3 Å². The average molecular weight is 318 g/mol. The minimum absolute atomic E-state index is 0.146. The Balaban J connectivity index is 1.38. The Hall–Kier alpha value is -1.79. The van der Waals surface area contributed by atoms with Gasteiger partial charge < -0.3 is 20.3 Å². The molecule has 6 nitrogen and oxygen atoms in total. The van der Waals surface area contributed by atoms with E-state index in [0.717, 1.165) is 51.6 Å². The van der Waals surface area contributed by atoms with Gasteiger partial charge in [-0.05, 0) is 37.1 Å². The number of nitrogens with one attached hydrogen (secondary N) is 2. The van der Waals surface area contributed by atoms with Crippen molar-refractivity contribution in [3.63, 3.8) is 0 Å². The Morgan fingerprint density at radius 3 is 2.43 bits per heavy atom. The molecule has 2 amide bonds. The molecule has 126 valence electrons. The van der Waals surface area contributed by atoms with Crippen LogP contribution in [0.5, 0.6) is 0 Å². The van der Waals surface area contributed by atoms with Gasteiger partial charge in [0.25, 0.3) is 0 Å². The monoisotopic (exact) mass is 318 g/mol. The third-order valence-electron chi connectivity index (χ3n) is 4.41. The fraction of sp³-hybridized carbons (Fsp3) is 0.588. The van der Waals surface area contributed by atoms with Gasteiger partial charge in [0.15, 0.2) is 0 Å². The van der Waals surface area contributed by atoms with Crippen LogP contribution in [0.2, 0.25) is 0 Å². The van der Waals surface area contributed by atoms with E-state index >= 15 is 0 Å². The summed E-state index contributed by atoms with van der Waals surface area (Å²) in [5.74, 6) is 0. The van der Waals surface area contributed by atoms with Crippen LogP contribution < -0.4 is 15.5 Å². The number of benzene rings is 1. The number of carbonyl (C=O) groups is 1. The van der Waals surface area contributed by atoms with Crippen molar-refractivity contribution in [2.24, 2.45) is 0 Å². The molecule has 6 heteroatoms. The van der Waals surface area contributed by atoms with Crippen LogP contribution in [0.25, 0.3) is 0 Å². The molecule has 0 aromatic heterocycles. The molecule has 0 bridgehead atoms. The predicted molar refractivity (Wildman–Crippen MR) is 92.2 cm³/mol. The fourth-order valence-corrected chi connectivity index (χ4v) is 3.06. The second-order valence-corrected chi connectivity index (χ2v) is 6.08. The largest absolute Gasteiger partial charge is 0.379 e. The molecule has 0 saturated carbocycles. The number of anilines is 2. The second kappa shape index (κ2) is 8.17. The maximum absolute atomic E-state index is 11.9. The zero-order valence-electron chi connectivity index (χ0n) is 13.6. The molecular formula is C17H26N4O2. The van der Waals surface area contributed by atoms with Gasteiger partial charge >= 0.3 is 6.03 Å². The van der Waals surface area contributed by atoms with E-state index in [2.05, 4.69) is 32.6 Å². The summed E-state index contributed by atoms with van der Waals surface area (Å²) < 4.78 is 5.31. The number of urea groups is 1. The van der Waals surface area contributed by atoms with E-state index in [1.54, 1.807) is 0 Å². The van der Waals surface area contributed by atoms with E-state index in [1.165, 1.54) is 18.5 Å². The quantitative estimate of drug-likeness (QED) is 0.868. The number of nitrogens with zero attached hydrogens (tertiary/aromatic N) is 2. The third kappa shape index (κ3) is 4.84. The number of ether oxygens (including phenoxy) is 1. The van der Waals surface area contributed by atoms with E-state index < -0.39 is 0 Å². The molecule has 0 atom stereocenters. The first-order chi connectivity index (χ1) is 11.3. The highest BCUT2D eigenvalue weighted by molar-refractivity contribution is 5.89. The molecule has 0 spiro atoms. The molecular weight excluding hydrogens is 292 g/mol. The lowest BCUT2D eigenvalue weighted by molar-refractivity contribution is 0.0388. The zero-order valence-corrected chi connectivity index (χ0v) is 13.6. The van der Waals surface area contributed by atoms with E-state index in [-0.39, 0.29) is 6.03 Å². The first-order valence-electron chi connectivity index (χ1n) is 8.51. The van der Waals surface area contributed by atoms with Crippen molar-refractivity contribution >= 4 is 17.4 Å². The Kier molecular flexibility index (Phi) is 5.71. The molecule has 2 saturated heterocycles. The summed E-state index contributed by atoms with van der Waals surface area (Å²) in [5.41, 5.74) is 2.07. The number of rotatable bonds is 5. The lowest BCUT2D eigenvalue weighted by atomic mass is 10.2. The lowest BCUT2D eigenvalue weighted by Gasteiger charge is -2.26. The molecule has 0 aliphatic carbocycles. The van der Waals surface area contributed by atoms with Gasteiger partial charge in [0, 0.05) is 50.6 Å². The minimum atomic E-state index is -0.146. The summed E-state index contributed by atoms with van der Waals surface area (Å²) in [5, 5.41) is 5.79. The van der Waals surface area contributed by atoms with Crippen LogP contribution in [-0.4, -0.2) is 63.4 Å². The molecule has 2 N–H and O–H groups in total. The number of hydrogen-bond acceptors (Lipinski definition) is 4. The number of amides is 2. The highest BCUT2D eigenvalue weighted by Gasteiger charge is 2.12. The highest BCUT2D eigenvalue weighted by Crippen LogP contribution is 2.21. The smallest absolute Gasteiger partial charge is 0.319 e. The van der Waals surface area contributed by atoms with Crippen molar-refractivity contribution in [2.75, 3.05) is 62.7 Å². The number of morpholine rings is 1. The van der Waals surface area contributed by atoms with Crippen LogP contribution in [0, 0.1) is 0 Å². The average Bonchev–Trinajstić information content (AvgIpc) is 3.11. The number of hydrogen-bond donors (Lipinski definition) is 2. The van der Waals surface area contributed by atoms with Gasteiger partial charge in [0.05, 0.1) is 13.2 Å². The van der Waals surface area contributed by atoms with Crippen LogP contribution >= 0.6 is 0 Å². The van der Waals surface area contributed by atoms with Gasteiger partial charge in [-0.15, -0.1) is 0 Å². The summed E-state index contributed by atoms with van der Waals surface area (Å²) in [6.07, 6.45) is 2.54. The topological polar surface area (TPSA) is 56.8 Å². The molecule has 2 heterocycles. The maximum atomic E-state index is 11.9. The standard InChI is InChI=1S/C17H26N4O2/c22-17(18-7-10-20-11-13-23-14-12-20)19-15-3-5-16(6-4-15)21-8-1-2-9-21/h3-6H,1-2,7-14H2,(H2,18,19,22). The van der Waals surface area contributed by atoms with Gasteiger partial charge in [-0.3, -0.25) is 4.90 Å². The van der Waals surface area contributed by atoms with E-state index in [1.807, 2.05) is 12.1 Å². The summed E-state index contributed by atoms with van der Waals surface area (Å²) in [7, 11) is 0. The predicted octanol–water partition coefficient (Wildman–Crippen LogP) is 1.74. The van der Waals surface area contributed by atoms with Crippen molar-refractivity contribution < 1.29 is 9.53 Å². The third-order valence-corrected chi connectivity index (χ3v) is 4.41. The Morgan fingerprint density at radius 2 is 1.74 bits per heavy atom. The van der Waals surface area contributed by atoms with Gasteiger partial charge in [-0.1, -0.05) is 0 Å². The summed E-state index contributed by atoms with van der Waals surface area (Å²) in [6.45, 7) is 7.25. The Labute approximate surface area is 137 Å². The van der Waals surface area contributed by atoms with Crippen LogP contribution in [0.15, 0.2) is 24.3 Å². The first-order valence-corrected chi connectivity index (χ1v) is 8.51. The molecule has 2 aliphatic heterocycles. The van der Waals surface area contributed by atoms with Crippen LogP contribution in [-0.2, 0) is 4.74 Å². The molecule has 0 unspecified atom stereocenters. The van der Waals surface area contributed by atoms with Gasteiger partial charge in [0.1, 0.15) is 0 Å². The molecule has 2 aliphatic rings. The van der Waals surface area contributed by atoms with E-state index in [4.69, 9.17) is 4.74 Å². The molecule has 3 rings (SSSR count). The number of carbonyl (C=O) groups excluding carboxylic acids is 1. The summed E-state index contributed by atoms with van der Waals surface area (Å²) >= 11 is 0. The normalized spacial score (nSPS) is 18.9. The first kappa shape index (κ1) is 16.1. The van der Waals surface area contributed by atoms with Gasteiger partial charge in [-0.2, -0.15) is 0 Å². The molecule has 1 aromatic rings. The molecule has 2 fully saturated rings. The van der Waals surface area contributed by atoms with Gasteiger partial charge in [-0.25, -0.2) is 4.79 Å². The maximum Gasteiger partial charge on any atom is 0.319 e.